The molecule has 0 saturated carbocycles. The van der Waals surface area contributed by atoms with Crippen LogP contribution in [0.15, 0.2) is 229 Å². The first kappa shape index (κ1) is 33.6. The van der Waals surface area contributed by atoms with Crippen LogP contribution in [0, 0.1) is 0 Å². The number of nitrogens with zero attached hydrogens (tertiary/aromatic N) is 1. The van der Waals surface area contributed by atoms with Gasteiger partial charge in [0, 0.05) is 33.3 Å². The zero-order chi connectivity index (χ0) is 38.4. The summed E-state index contributed by atoms with van der Waals surface area (Å²) in [6, 6.07) is 80.7. The van der Waals surface area contributed by atoms with E-state index in [-0.39, 0.29) is 0 Å². The third-order valence-corrected chi connectivity index (χ3v) is 11.5. The lowest BCUT2D eigenvalue weighted by atomic mass is 9.91. The van der Waals surface area contributed by atoms with Crippen LogP contribution < -0.4 is 4.90 Å². The average Bonchev–Trinajstić information content (AvgIpc) is 3.69. The number of furan rings is 1. The van der Waals surface area contributed by atoms with Crippen LogP contribution in [-0.4, -0.2) is 0 Å². The first-order chi connectivity index (χ1) is 28.8. The first-order valence-corrected chi connectivity index (χ1v) is 19.8. The SMILES string of the molecule is c1ccc(-c2ccc(N(c3ccc(-c4cccc5c4oc4ccccc45)cc3)c3ccc(-c4cc5ccccc5c5ccccc45)cc3-c3ccccc3)cc2)cc1. The molecule has 2 nitrogen and oxygen atoms in total. The predicted octanol–water partition coefficient (Wildman–Crippen LogP) is 16.0. The zero-order valence-electron chi connectivity index (χ0n) is 31.7. The van der Waals surface area contributed by atoms with E-state index >= 15 is 0 Å². The fourth-order valence-electron chi connectivity index (χ4n) is 8.67. The van der Waals surface area contributed by atoms with Crippen molar-refractivity contribution in [2.75, 3.05) is 4.90 Å². The molecule has 2 heteroatoms. The third-order valence-electron chi connectivity index (χ3n) is 11.5. The monoisotopic (exact) mass is 739 g/mol. The summed E-state index contributed by atoms with van der Waals surface area (Å²) in [6.45, 7) is 0. The van der Waals surface area contributed by atoms with Gasteiger partial charge in [0.1, 0.15) is 11.2 Å². The molecule has 1 aromatic heterocycles. The molecule has 0 amide bonds. The van der Waals surface area contributed by atoms with E-state index in [2.05, 4.69) is 217 Å². The summed E-state index contributed by atoms with van der Waals surface area (Å²) < 4.78 is 6.45. The van der Waals surface area contributed by atoms with Crippen LogP contribution in [0.4, 0.5) is 17.1 Å². The topological polar surface area (TPSA) is 16.4 Å². The molecule has 11 aromatic rings. The molecule has 272 valence electrons. The van der Waals surface area contributed by atoms with Gasteiger partial charge >= 0.3 is 0 Å². The van der Waals surface area contributed by atoms with Crippen molar-refractivity contribution in [3.63, 3.8) is 0 Å². The second-order valence-corrected chi connectivity index (χ2v) is 14.9. The van der Waals surface area contributed by atoms with Crippen molar-refractivity contribution >= 4 is 60.5 Å². The Labute approximate surface area is 337 Å². The van der Waals surface area contributed by atoms with Crippen LogP contribution in [0.5, 0.6) is 0 Å². The van der Waals surface area contributed by atoms with Gasteiger partial charge in [-0.1, -0.05) is 176 Å². The minimum absolute atomic E-state index is 0.903. The second-order valence-electron chi connectivity index (χ2n) is 14.9. The Morgan fingerprint density at radius 1 is 0.293 bits per heavy atom. The van der Waals surface area contributed by atoms with Crippen LogP contribution in [0.2, 0.25) is 0 Å². The minimum Gasteiger partial charge on any atom is -0.455 e. The van der Waals surface area contributed by atoms with E-state index in [1.807, 2.05) is 12.1 Å². The van der Waals surface area contributed by atoms with E-state index in [1.54, 1.807) is 0 Å². The molecule has 0 atom stereocenters. The summed E-state index contributed by atoms with van der Waals surface area (Å²) in [7, 11) is 0. The number of hydrogen-bond donors (Lipinski definition) is 0. The predicted molar refractivity (Wildman–Crippen MR) is 245 cm³/mol. The molecule has 0 aliphatic rings. The van der Waals surface area contributed by atoms with Crippen molar-refractivity contribution in [2.45, 2.75) is 0 Å². The Hall–Kier alpha value is -7.68. The summed E-state index contributed by atoms with van der Waals surface area (Å²) in [5.74, 6) is 0. The minimum atomic E-state index is 0.903. The van der Waals surface area contributed by atoms with Crippen LogP contribution in [0.3, 0.4) is 0 Å². The molecule has 0 aliphatic carbocycles. The molecule has 10 aromatic carbocycles. The molecule has 0 aliphatic heterocycles. The van der Waals surface area contributed by atoms with E-state index in [1.165, 1.54) is 43.8 Å². The molecule has 0 N–H and O–H groups in total. The van der Waals surface area contributed by atoms with Crippen molar-refractivity contribution in [3.8, 4) is 44.5 Å². The van der Waals surface area contributed by atoms with Gasteiger partial charge in [-0.15, -0.1) is 0 Å². The fraction of sp³-hybridized carbons (Fsp3) is 0. The molecule has 58 heavy (non-hydrogen) atoms. The van der Waals surface area contributed by atoms with Crippen molar-refractivity contribution < 1.29 is 4.42 Å². The summed E-state index contributed by atoms with van der Waals surface area (Å²) in [5.41, 5.74) is 14.3. The number of hydrogen-bond acceptors (Lipinski definition) is 2. The van der Waals surface area contributed by atoms with E-state index in [9.17, 15) is 0 Å². The fourth-order valence-corrected chi connectivity index (χ4v) is 8.67. The molecule has 0 fully saturated rings. The maximum absolute atomic E-state index is 6.45. The molecule has 0 spiro atoms. The lowest BCUT2D eigenvalue weighted by Crippen LogP contribution is -2.11. The van der Waals surface area contributed by atoms with Crippen molar-refractivity contribution in [1.29, 1.82) is 0 Å². The van der Waals surface area contributed by atoms with E-state index in [0.29, 0.717) is 0 Å². The van der Waals surface area contributed by atoms with Crippen molar-refractivity contribution in [2.24, 2.45) is 0 Å². The number of anilines is 3. The van der Waals surface area contributed by atoms with Gasteiger partial charge in [-0.3, -0.25) is 0 Å². The first-order valence-electron chi connectivity index (χ1n) is 19.8. The van der Waals surface area contributed by atoms with Crippen LogP contribution in [0.25, 0.3) is 88.0 Å². The Kier molecular flexibility index (Phi) is 8.19. The molecule has 11 rings (SSSR count). The molecule has 0 saturated heterocycles. The number of para-hydroxylation sites is 2. The highest BCUT2D eigenvalue weighted by Gasteiger charge is 2.20. The highest BCUT2D eigenvalue weighted by Crippen LogP contribution is 2.45. The standard InChI is InChI=1S/C56H37NO/c1-3-14-38(15-4-1)39-26-31-44(32-27-39)57(45-33-28-41(29-34-45)47-23-13-24-51-50-22-11-12-25-55(50)58-56(47)51)54-35-30-43(37-53(54)40-16-5-2-6-17-40)52-36-42-18-7-8-19-46(42)48-20-9-10-21-49(48)52/h1-37H. The van der Waals surface area contributed by atoms with Gasteiger partial charge in [0.05, 0.1) is 5.69 Å². The lowest BCUT2D eigenvalue weighted by molar-refractivity contribution is 0.670. The number of benzene rings is 10. The van der Waals surface area contributed by atoms with Gasteiger partial charge < -0.3 is 9.32 Å². The lowest BCUT2D eigenvalue weighted by Gasteiger charge is -2.29. The normalized spacial score (nSPS) is 11.4. The molecule has 1 heterocycles. The van der Waals surface area contributed by atoms with Gasteiger partial charge in [0.2, 0.25) is 0 Å². The molecule has 0 unspecified atom stereocenters. The van der Waals surface area contributed by atoms with Gasteiger partial charge in [-0.05, 0) is 103 Å². The maximum atomic E-state index is 6.45. The smallest absolute Gasteiger partial charge is 0.143 e. The number of fused-ring (bicyclic) bond motifs is 6. The van der Waals surface area contributed by atoms with Crippen molar-refractivity contribution in [3.05, 3.63) is 224 Å². The highest BCUT2D eigenvalue weighted by atomic mass is 16.3. The summed E-state index contributed by atoms with van der Waals surface area (Å²) in [4.78, 5) is 2.39. The Bertz CT molecular complexity index is 3250. The van der Waals surface area contributed by atoms with Crippen LogP contribution in [-0.2, 0) is 0 Å². The third kappa shape index (κ3) is 5.82. The maximum Gasteiger partial charge on any atom is 0.143 e. The Morgan fingerprint density at radius 3 is 1.57 bits per heavy atom. The van der Waals surface area contributed by atoms with Crippen LogP contribution in [0.1, 0.15) is 0 Å². The zero-order valence-corrected chi connectivity index (χ0v) is 31.7. The van der Waals surface area contributed by atoms with Gasteiger partial charge in [0.15, 0.2) is 0 Å². The largest absolute Gasteiger partial charge is 0.455 e. The van der Waals surface area contributed by atoms with E-state index in [4.69, 9.17) is 4.42 Å². The summed E-state index contributed by atoms with van der Waals surface area (Å²) in [5, 5.41) is 7.28. The molecule has 0 radical (unpaired) electrons. The Morgan fingerprint density at radius 2 is 0.828 bits per heavy atom. The van der Waals surface area contributed by atoms with Crippen LogP contribution >= 0.6 is 0 Å². The van der Waals surface area contributed by atoms with Gasteiger partial charge in [-0.2, -0.15) is 0 Å². The van der Waals surface area contributed by atoms with Gasteiger partial charge in [-0.25, -0.2) is 0 Å². The molecule has 0 bridgehead atoms. The molecular formula is C56H37NO. The van der Waals surface area contributed by atoms with Gasteiger partial charge in [0.25, 0.3) is 0 Å². The second kappa shape index (κ2) is 14.1. The quantitative estimate of drug-likeness (QED) is 0.151. The van der Waals surface area contributed by atoms with Crippen molar-refractivity contribution in [1.82, 2.24) is 0 Å². The number of rotatable bonds is 7. The van der Waals surface area contributed by atoms with E-state index < -0.39 is 0 Å². The van der Waals surface area contributed by atoms with E-state index in [0.717, 1.165) is 61.3 Å². The highest BCUT2D eigenvalue weighted by molar-refractivity contribution is 6.14. The Balaban J connectivity index is 1.09. The summed E-state index contributed by atoms with van der Waals surface area (Å²) in [6.07, 6.45) is 0. The summed E-state index contributed by atoms with van der Waals surface area (Å²) >= 11 is 0. The average molecular weight is 740 g/mol. The molecular weight excluding hydrogens is 703 g/mol.